The number of guanidine groups is 1. The number of para-hydroxylation sites is 2. The molecule has 0 radical (unpaired) electrons. The summed E-state index contributed by atoms with van der Waals surface area (Å²) in [4.78, 5) is 9.05. The predicted molar refractivity (Wildman–Crippen MR) is 129 cm³/mol. The van der Waals surface area contributed by atoms with Crippen LogP contribution in [0.3, 0.4) is 0 Å². The maximum absolute atomic E-state index is 5.55. The Morgan fingerprint density at radius 2 is 1.66 bits per heavy atom. The first-order valence-electron chi connectivity index (χ1n) is 10.2. The first-order valence-corrected chi connectivity index (χ1v) is 10.2. The lowest BCUT2D eigenvalue weighted by Crippen LogP contribution is -2.44. The summed E-state index contributed by atoms with van der Waals surface area (Å²) >= 11 is 0. The fraction of sp³-hybridized carbons (Fsp3) is 0.0800. The molecule has 32 heavy (non-hydrogen) atoms. The summed E-state index contributed by atoms with van der Waals surface area (Å²) in [5.41, 5.74) is 3.88. The van der Waals surface area contributed by atoms with Gasteiger partial charge in [0.1, 0.15) is 6.21 Å². The molecule has 0 saturated carbocycles. The third-order valence-electron chi connectivity index (χ3n) is 5.39. The lowest BCUT2D eigenvalue weighted by atomic mass is 10.0. The number of hydrogen-bond acceptors (Lipinski definition) is 6. The van der Waals surface area contributed by atoms with Gasteiger partial charge >= 0.3 is 0 Å². The quantitative estimate of drug-likeness (QED) is 0.584. The lowest BCUT2D eigenvalue weighted by molar-refractivity contribution is 0.356. The minimum Gasteiger partial charge on any atom is -0.493 e. The van der Waals surface area contributed by atoms with Crippen LogP contribution in [0.1, 0.15) is 0 Å². The summed E-state index contributed by atoms with van der Waals surface area (Å²) in [5, 5.41) is 8.28. The van der Waals surface area contributed by atoms with Crippen LogP contribution in [0.25, 0.3) is 11.1 Å². The van der Waals surface area contributed by atoms with Crippen molar-refractivity contribution in [1.82, 2.24) is 4.59 Å². The second-order valence-corrected chi connectivity index (χ2v) is 7.20. The van der Waals surface area contributed by atoms with E-state index in [2.05, 4.69) is 34.6 Å². The van der Waals surface area contributed by atoms with E-state index in [1.54, 1.807) is 26.6 Å². The van der Waals surface area contributed by atoms with Gasteiger partial charge in [-0.15, -0.1) is 0 Å². The van der Waals surface area contributed by atoms with Crippen molar-refractivity contribution >= 4 is 29.4 Å². The number of ether oxygens (including phenoxy) is 2. The summed E-state index contributed by atoms with van der Waals surface area (Å²) < 4.78 is 11.0. The Hall–Kier alpha value is -4.23. The standard InChI is InChI=1S/C25H22N5O2/c1-31-22-14-8-12-20(24(22)32-2)27-25-28-23-17-26-15-16-30(23,29-25)21-13-7-6-11-19(21)18-9-4-3-5-10-18/h3-17H,1-2H3,(H,27,29)/q+1. The number of amidine groups is 1. The van der Waals surface area contributed by atoms with Crippen LogP contribution in [-0.4, -0.2) is 32.2 Å². The first kappa shape index (κ1) is 19.7. The Morgan fingerprint density at radius 1 is 0.844 bits per heavy atom. The van der Waals surface area contributed by atoms with Crippen molar-refractivity contribution in [2.45, 2.75) is 0 Å². The molecule has 2 aliphatic rings. The third-order valence-corrected chi connectivity index (χ3v) is 5.39. The van der Waals surface area contributed by atoms with Crippen LogP contribution < -0.4 is 19.4 Å². The average Bonchev–Trinajstić information content (AvgIpc) is 3.23. The van der Waals surface area contributed by atoms with Crippen molar-refractivity contribution in [2.75, 3.05) is 19.5 Å². The highest BCUT2D eigenvalue weighted by Gasteiger charge is 2.44. The fourth-order valence-corrected chi connectivity index (χ4v) is 3.93. The van der Waals surface area contributed by atoms with Gasteiger partial charge in [0.05, 0.1) is 26.1 Å². The van der Waals surface area contributed by atoms with Gasteiger partial charge < -0.3 is 14.8 Å². The van der Waals surface area contributed by atoms with E-state index in [1.807, 2.05) is 54.7 Å². The number of quaternary nitrogens is 1. The molecule has 0 saturated heterocycles. The smallest absolute Gasteiger partial charge is 0.287 e. The zero-order valence-electron chi connectivity index (χ0n) is 17.8. The predicted octanol–water partition coefficient (Wildman–Crippen LogP) is 5.03. The second kappa shape index (κ2) is 8.13. The molecule has 0 spiro atoms. The minimum atomic E-state index is 0.0865. The summed E-state index contributed by atoms with van der Waals surface area (Å²) in [6.45, 7) is 0. The number of nitrogens with one attached hydrogen (secondary N) is 1. The molecule has 0 aliphatic carbocycles. The molecule has 0 amide bonds. The number of fused-ring (bicyclic) bond motifs is 1. The van der Waals surface area contributed by atoms with E-state index in [0.717, 1.165) is 16.8 Å². The van der Waals surface area contributed by atoms with E-state index in [4.69, 9.17) is 19.6 Å². The van der Waals surface area contributed by atoms with E-state index in [1.165, 1.54) is 0 Å². The molecule has 3 aromatic rings. The topological polar surface area (TPSA) is 67.6 Å². The van der Waals surface area contributed by atoms with Gasteiger partial charge in [0, 0.05) is 11.6 Å². The Labute approximate surface area is 186 Å². The van der Waals surface area contributed by atoms with Crippen LogP contribution in [0.5, 0.6) is 11.5 Å². The van der Waals surface area contributed by atoms with Crippen molar-refractivity contribution in [3.63, 3.8) is 0 Å². The van der Waals surface area contributed by atoms with Crippen LogP contribution in [-0.2, 0) is 0 Å². The molecule has 5 rings (SSSR count). The number of nitrogens with zero attached hydrogens (tertiary/aromatic N) is 4. The van der Waals surface area contributed by atoms with E-state index in [-0.39, 0.29) is 4.59 Å². The van der Waals surface area contributed by atoms with Crippen molar-refractivity contribution in [3.8, 4) is 22.6 Å². The monoisotopic (exact) mass is 424 g/mol. The SMILES string of the molecule is COc1cccc(NC2=N[N+]3(c4ccccc4-c4ccccc4)C=CN=CC3=N2)c1OC. The number of rotatable bonds is 5. The summed E-state index contributed by atoms with van der Waals surface area (Å²) in [6.07, 6.45) is 5.42. The van der Waals surface area contributed by atoms with E-state index in [9.17, 15) is 0 Å². The highest BCUT2D eigenvalue weighted by Crippen LogP contribution is 2.40. The molecule has 3 aromatic carbocycles. The summed E-state index contributed by atoms with van der Waals surface area (Å²) in [6, 6.07) is 24.1. The molecule has 1 unspecified atom stereocenters. The molecular formula is C25H22N5O2+. The van der Waals surface area contributed by atoms with Crippen molar-refractivity contribution in [3.05, 3.63) is 85.2 Å². The van der Waals surface area contributed by atoms with Gasteiger partial charge in [-0.2, -0.15) is 4.99 Å². The number of anilines is 1. The Kier molecular flexibility index (Phi) is 5.01. The number of aliphatic imine (C=N–C) groups is 2. The molecule has 7 nitrogen and oxygen atoms in total. The molecule has 0 bridgehead atoms. The normalized spacial score (nSPS) is 18.6. The van der Waals surface area contributed by atoms with Gasteiger partial charge in [0.15, 0.2) is 23.4 Å². The zero-order valence-corrected chi connectivity index (χ0v) is 17.8. The molecule has 1 atom stereocenters. The van der Waals surface area contributed by atoms with Crippen molar-refractivity contribution < 1.29 is 9.47 Å². The lowest BCUT2D eigenvalue weighted by Gasteiger charge is -2.26. The Bertz CT molecular complexity index is 1280. The van der Waals surface area contributed by atoms with Gasteiger partial charge in [0.2, 0.25) is 0 Å². The second-order valence-electron chi connectivity index (χ2n) is 7.20. The molecule has 2 aliphatic heterocycles. The number of methoxy groups -OCH3 is 2. The van der Waals surface area contributed by atoms with E-state index in [0.29, 0.717) is 29.0 Å². The average molecular weight is 424 g/mol. The maximum Gasteiger partial charge on any atom is 0.287 e. The van der Waals surface area contributed by atoms with Gasteiger partial charge in [-0.3, -0.25) is 4.99 Å². The van der Waals surface area contributed by atoms with Crippen LogP contribution in [0, 0.1) is 0 Å². The van der Waals surface area contributed by atoms with Crippen LogP contribution >= 0.6 is 0 Å². The van der Waals surface area contributed by atoms with Gasteiger partial charge in [0.25, 0.3) is 11.8 Å². The molecule has 158 valence electrons. The van der Waals surface area contributed by atoms with Crippen LogP contribution in [0.4, 0.5) is 11.4 Å². The van der Waals surface area contributed by atoms with E-state index >= 15 is 0 Å². The van der Waals surface area contributed by atoms with Gasteiger partial charge in [-0.25, -0.2) is 0 Å². The first-order chi connectivity index (χ1) is 15.7. The van der Waals surface area contributed by atoms with Gasteiger partial charge in [-0.05, 0) is 28.9 Å². The number of hydrogen-bond donors (Lipinski definition) is 1. The summed E-state index contributed by atoms with van der Waals surface area (Å²) in [7, 11) is 3.21. The fourth-order valence-electron chi connectivity index (χ4n) is 3.93. The molecule has 1 N–H and O–H groups in total. The van der Waals surface area contributed by atoms with Gasteiger partial charge in [-0.1, -0.05) is 53.1 Å². The maximum atomic E-state index is 5.55. The van der Waals surface area contributed by atoms with Crippen LogP contribution in [0.15, 0.2) is 100 Å². The Balaban J connectivity index is 1.61. The highest BCUT2D eigenvalue weighted by atomic mass is 16.5. The third kappa shape index (κ3) is 3.25. The Morgan fingerprint density at radius 3 is 2.47 bits per heavy atom. The molecule has 2 heterocycles. The van der Waals surface area contributed by atoms with Crippen molar-refractivity contribution in [1.29, 1.82) is 0 Å². The molecule has 7 heteroatoms. The number of benzene rings is 3. The molecular weight excluding hydrogens is 402 g/mol. The molecule has 0 fully saturated rings. The largest absolute Gasteiger partial charge is 0.493 e. The highest BCUT2D eigenvalue weighted by molar-refractivity contribution is 6.38. The van der Waals surface area contributed by atoms with Crippen LogP contribution in [0.2, 0.25) is 0 Å². The minimum absolute atomic E-state index is 0.0865. The van der Waals surface area contributed by atoms with E-state index < -0.39 is 0 Å². The summed E-state index contributed by atoms with van der Waals surface area (Å²) in [5.74, 6) is 2.36. The van der Waals surface area contributed by atoms with Crippen molar-refractivity contribution in [2.24, 2.45) is 15.1 Å². The molecule has 0 aromatic heterocycles. The zero-order chi connectivity index (χ0) is 22.0.